The zero-order valence-corrected chi connectivity index (χ0v) is 11.3. The maximum absolute atomic E-state index is 4.33. The third-order valence-corrected chi connectivity index (χ3v) is 3.97. The molecule has 0 aromatic heterocycles. The summed E-state index contributed by atoms with van der Waals surface area (Å²) in [6, 6.07) is 0. The second-order valence-corrected chi connectivity index (χ2v) is 5.62. The summed E-state index contributed by atoms with van der Waals surface area (Å²) in [6.45, 7) is 7.29. The van der Waals surface area contributed by atoms with Gasteiger partial charge in [-0.3, -0.25) is 0 Å². The molecule has 2 nitrogen and oxygen atoms in total. The van der Waals surface area contributed by atoms with Gasteiger partial charge in [-0.05, 0) is 57.6 Å². The van der Waals surface area contributed by atoms with Crippen LogP contribution in [0, 0.1) is 11.8 Å². The van der Waals surface area contributed by atoms with Gasteiger partial charge in [0.25, 0.3) is 0 Å². The normalized spacial score (nSPS) is 22.2. The summed E-state index contributed by atoms with van der Waals surface area (Å²) in [7, 11) is 4.47. The standard InChI is InChI=1S/C12H26N2S/c1-11(10-15)8-14(3)9-12-4-6-13(2)7-5-12/h11-12,15H,4-10H2,1-3H3. The third-order valence-electron chi connectivity index (χ3n) is 3.34. The largest absolute Gasteiger partial charge is 0.306 e. The van der Waals surface area contributed by atoms with Crippen LogP contribution in [0.2, 0.25) is 0 Å². The first-order valence-electron chi connectivity index (χ1n) is 6.09. The van der Waals surface area contributed by atoms with Crippen LogP contribution < -0.4 is 0 Å². The fourth-order valence-electron chi connectivity index (χ4n) is 2.35. The highest BCUT2D eigenvalue weighted by molar-refractivity contribution is 7.80. The summed E-state index contributed by atoms with van der Waals surface area (Å²) in [5.74, 6) is 2.63. The van der Waals surface area contributed by atoms with E-state index in [4.69, 9.17) is 0 Å². The van der Waals surface area contributed by atoms with Crippen molar-refractivity contribution in [3.05, 3.63) is 0 Å². The Morgan fingerprint density at radius 2 is 2.00 bits per heavy atom. The molecule has 0 radical (unpaired) electrons. The first kappa shape index (κ1) is 13.3. The zero-order chi connectivity index (χ0) is 11.3. The molecule has 0 aliphatic carbocycles. The fraction of sp³-hybridized carbons (Fsp3) is 1.00. The number of hydrogen-bond donors (Lipinski definition) is 1. The van der Waals surface area contributed by atoms with Crippen molar-refractivity contribution in [1.82, 2.24) is 9.80 Å². The Labute approximate surface area is 100 Å². The van der Waals surface area contributed by atoms with Crippen molar-refractivity contribution >= 4 is 12.6 Å². The lowest BCUT2D eigenvalue weighted by atomic mass is 9.96. The quantitative estimate of drug-likeness (QED) is 0.720. The maximum Gasteiger partial charge on any atom is 0.00119 e. The van der Waals surface area contributed by atoms with Gasteiger partial charge >= 0.3 is 0 Å². The van der Waals surface area contributed by atoms with E-state index in [1.54, 1.807) is 0 Å². The lowest BCUT2D eigenvalue weighted by molar-refractivity contribution is 0.169. The van der Waals surface area contributed by atoms with E-state index in [2.05, 4.69) is 43.4 Å². The third kappa shape index (κ3) is 5.23. The number of piperidine rings is 1. The molecule has 1 aliphatic rings. The molecule has 0 N–H and O–H groups in total. The number of nitrogens with zero attached hydrogens (tertiary/aromatic N) is 2. The van der Waals surface area contributed by atoms with Gasteiger partial charge in [0, 0.05) is 13.1 Å². The second-order valence-electron chi connectivity index (χ2n) is 5.26. The van der Waals surface area contributed by atoms with Crippen LogP contribution in [-0.4, -0.2) is 55.8 Å². The minimum atomic E-state index is 0.713. The minimum Gasteiger partial charge on any atom is -0.306 e. The molecular weight excluding hydrogens is 204 g/mol. The lowest BCUT2D eigenvalue weighted by Gasteiger charge is -2.32. The van der Waals surface area contributed by atoms with E-state index in [1.807, 2.05) is 0 Å². The van der Waals surface area contributed by atoms with Crippen LogP contribution in [0.5, 0.6) is 0 Å². The molecule has 15 heavy (non-hydrogen) atoms. The summed E-state index contributed by atoms with van der Waals surface area (Å²) in [4.78, 5) is 4.92. The molecule has 1 aliphatic heterocycles. The van der Waals surface area contributed by atoms with Crippen molar-refractivity contribution in [3.8, 4) is 0 Å². The molecule has 0 amide bonds. The van der Waals surface area contributed by atoms with E-state index >= 15 is 0 Å². The molecule has 0 aromatic carbocycles. The number of rotatable bonds is 5. The van der Waals surface area contributed by atoms with Crippen LogP contribution >= 0.6 is 12.6 Å². The van der Waals surface area contributed by atoms with E-state index in [9.17, 15) is 0 Å². The fourth-order valence-corrected chi connectivity index (χ4v) is 2.47. The Balaban J connectivity index is 2.17. The zero-order valence-electron chi connectivity index (χ0n) is 10.4. The summed E-state index contributed by atoms with van der Waals surface area (Å²) >= 11 is 4.33. The smallest absolute Gasteiger partial charge is 0.00119 e. The van der Waals surface area contributed by atoms with Crippen LogP contribution in [0.15, 0.2) is 0 Å². The van der Waals surface area contributed by atoms with Gasteiger partial charge in [-0.25, -0.2) is 0 Å². The maximum atomic E-state index is 4.33. The van der Waals surface area contributed by atoms with Crippen molar-refractivity contribution < 1.29 is 0 Å². The Morgan fingerprint density at radius 1 is 1.40 bits per heavy atom. The topological polar surface area (TPSA) is 6.48 Å². The van der Waals surface area contributed by atoms with Gasteiger partial charge in [0.2, 0.25) is 0 Å². The summed E-state index contributed by atoms with van der Waals surface area (Å²) in [5, 5.41) is 0. The Bertz CT molecular complexity index is 167. The Hall–Kier alpha value is 0.270. The SMILES string of the molecule is CC(CS)CN(C)CC1CCN(C)CC1. The average molecular weight is 230 g/mol. The van der Waals surface area contributed by atoms with Crippen LogP contribution in [-0.2, 0) is 0 Å². The molecule has 1 rings (SSSR count). The molecule has 1 atom stereocenters. The first-order valence-corrected chi connectivity index (χ1v) is 6.73. The molecule has 0 bridgehead atoms. The second kappa shape index (κ2) is 6.77. The van der Waals surface area contributed by atoms with Gasteiger partial charge in [-0.1, -0.05) is 6.92 Å². The Morgan fingerprint density at radius 3 is 2.53 bits per heavy atom. The van der Waals surface area contributed by atoms with E-state index in [1.165, 1.54) is 39.0 Å². The molecular formula is C12H26N2S. The van der Waals surface area contributed by atoms with Gasteiger partial charge in [-0.2, -0.15) is 12.6 Å². The van der Waals surface area contributed by atoms with Crippen LogP contribution in [0.3, 0.4) is 0 Å². The lowest BCUT2D eigenvalue weighted by Crippen LogP contribution is -2.37. The van der Waals surface area contributed by atoms with Gasteiger partial charge in [-0.15, -0.1) is 0 Å². The number of hydrogen-bond acceptors (Lipinski definition) is 3. The van der Waals surface area contributed by atoms with Crippen molar-refractivity contribution in [1.29, 1.82) is 0 Å². The van der Waals surface area contributed by atoms with Crippen molar-refractivity contribution in [3.63, 3.8) is 0 Å². The molecule has 1 unspecified atom stereocenters. The highest BCUT2D eigenvalue weighted by Crippen LogP contribution is 2.17. The highest BCUT2D eigenvalue weighted by Gasteiger charge is 2.18. The molecule has 1 heterocycles. The van der Waals surface area contributed by atoms with Gasteiger partial charge in [0.05, 0.1) is 0 Å². The average Bonchev–Trinajstić information content (AvgIpc) is 2.21. The first-order chi connectivity index (χ1) is 7.11. The molecule has 0 spiro atoms. The molecule has 0 aromatic rings. The van der Waals surface area contributed by atoms with E-state index < -0.39 is 0 Å². The number of likely N-dealkylation sites (tertiary alicyclic amines) is 1. The van der Waals surface area contributed by atoms with Gasteiger partial charge in [0.1, 0.15) is 0 Å². The van der Waals surface area contributed by atoms with E-state index in [-0.39, 0.29) is 0 Å². The van der Waals surface area contributed by atoms with Gasteiger partial charge < -0.3 is 9.80 Å². The Kier molecular flexibility index (Phi) is 6.02. The minimum absolute atomic E-state index is 0.713. The molecule has 1 saturated heterocycles. The monoisotopic (exact) mass is 230 g/mol. The highest BCUT2D eigenvalue weighted by atomic mass is 32.1. The van der Waals surface area contributed by atoms with Crippen molar-refractivity contribution in [2.24, 2.45) is 11.8 Å². The van der Waals surface area contributed by atoms with E-state index in [0.717, 1.165) is 11.7 Å². The van der Waals surface area contributed by atoms with Crippen LogP contribution in [0.4, 0.5) is 0 Å². The molecule has 3 heteroatoms. The van der Waals surface area contributed by atoms with Crippen molar-refractivity contribution in [2.75, 3.05) is 46.0 Å². The molecule has 0 saturated carbocycles. The van der Waals surface area contributed by atoms with Gasteiger partial charge in [0.15, 0.2) is 0 Å². The summed E-state index contributed by atoms with van der Waals surface area (Å²) in [5.41, 5.74) is 0. The summed E-state index contributed by atoms with van der Waals surface area (Å²) in [6.07, 6.45) is 2.74. The van der Waals surface area contributed by atoms with Crippen LogP contribution in [0.25, 0.3) is 0 Å². The number of thiol groups is 1. The summed E-state index contributed by atoms with van der Waals surface area (Å²) < 4.78 is 0. The van der Waals surface area contributed by atoms with E-state index in [0.29, 0.717) is 5.92 Å². The van der Waals surface area contributed by atoms with Crippen molar-refractivity contribution in [2.45, 2.75) is 19.8 Å². The predicted molar refractivity (Wildman–Crippen MR) is 70.7 cm³/mol. The molecule has 90 valence electrons. The molecule has 1 fully saturated rings. The van der Waals surface area contributed by atoms with Crippen LogP contribution in [0.1, 0.15) is 19.8 Å². The predicted octanol–water partition coefficient (Wildman–Crippen LogP) is 1.83.